The highest BCUT2D eigenvalue weighted by atomic mass is 35.5. The van der Waals surface area contributed by atoms with E-state index >= 15 is 0 Å². The Hall–Kier alpha value is -2.53. The third-order valence-electron chi connectivity index (χ3n) is 3.26. The van der Waals surface area contributed by atoms with Gasteiger partial charge >= 0.3 is 0 Å². The third-order valence-corrected chi connectivity index (χ3v) is 3.53. The van der Waals surface area contributed by atoms with E-state index in [1.807, 2.05) is 34.9 Å². The zero-order valence-electron chi connectivity index (χ0n) is 11.9. The van der Waals surface area contributed by atoms with Crippen LogP contribution in [0, 0.1) is 0 Å². The highest BCUT2D eigenvalue weighted by Gasteiger charge is 2.10. The van der Waals surface area contributed by atoms with Crippen molar-refractivity contribution in [2.24, 2.45) is 0 Å². The number of aromatic nitrogens is 2. The number of halogens is 1. The summed E-state index contributed by atoms with van der Waals surface area (Å²) in [6, 6.07) is 9.24. The molecule has 0 N–H and O–H groups in total. The van der Waals surface area contributed by atoms with Crippen molar-refractivity contribution >= 4 is 29.2 Å². The Morgan fingerprint density at radius 1 is 1.41 bits per heavy atom. The molecule has 112 valence electrons. The third kappa shape index (κ3) is 2.89. The van der Waals surface area contributed by atoms with Crippen molar-refractivity contribution in [3.05, 3.63) is 65.5 Å². The molecule has 22 heavy (non-hydrogen) atoms. The fraction of sp³-hybridized carbons (Fsp3) is 0.125. The van der Waals surface area contributed by atoms with E-state index in [9.17, 15) is 4.79 Å². The number of carbonyl (C=O) groups excluding carboxylic acids is 1. The van der Waals surface area contributed by atoms with Crippen LogP contribution in [0.4, 0.5) is 0 Å². The van der Waals surface area contributed by atoms with Crippen molar-refractivity contribution in [1.82, 2.24) is 14.3 Å². The Balaban J connectivity index is 1.77. The minimum absolute atomic E-state index is 0.140. The molecule has 0 atom stereocenters. The molecule has 1 amide bonds. The average Bonchev–Trinajstić information content (AvgIpc) is 3.12. The van der Waals surface area contributed by atoms with Crippen molar-refractivity contribution in [2.75, 3.05) is 7.05 Å². The standard InChI is InChI=1S/C16H14ClN3O2/c1-19(11-12-5-4-10-22-12)15(21)8-7-13-16(17)18-14-6-2-3-9-20(13)14/h2-10H,11H2,1H3/b8-7+. The molecule has 0 bridgehead atoms. The summed E-state index contributed by atoms with van der Waals surface area (Å²) in [6.07, 6.45) is 6.58. The second kappa shape index (κ2) is 6.07. The lowest BCUT2D eigenvalue weighted by Gasteiger charge is -2.12. The summed E-state index contributed by atoms with van der Waals surface area (Å²) in [5.41, 5.74) is 1.42. The maximum absolute atomic E-state index is 12.1. The van der Waals surface area contributed by atoms with Gasteiger partial charge in [0, 0.05) is 19.3 Å². The minimum Gasteiger partial charge on any atom is -0.467 e. The first-order valence-corrected chi connectivity index (χ1v) is 7.11. The van der Waals surface area contributed by atoms with E-state index in [1.165, 1.54) is 6.08 Å². The second-order valence-corrected chi connectivity index (χ2v) is 5.18. The first-order valence-electron chi connectivity index (χ1n) is 6.73. The van der Waals surface area contributed by atoms with E-state index in [1.54, 1.807) is 30.4 Å². The monoisotopic (exact) mass is 315 g/mol. The second-order valence-electron chi connectivity index (χ2n) is 4.82. The van der Waals surface area contributed by atoms with E-state index in [0.717, 1.165) is 11.4 Å². The highest BCUT2D eigenvalue weighted by molar-refractivity contribution is 6.31. The fourth-order valence-corrected chi connectivity index (χ4v) is 2.37. The van der Waals surface area contributed by atoms with E-state index in [4.69, 9.17) is 16.0 Å². The van der Waals surface area contributed by atoms with Gasteiger partial charge in [-0.15, -0.1) is 0 Å². The predicted octanol–water partition coefficient (Wildman–Crippen LogP) is 3.25. The molecule has 6 heteroatoms. The Kier molecular flexibility index (Phi) is 3.98. The summed E-state index contributed by atoms with van der Waals surface area (Å²) in [5.74, 6) is 0.593. The van der Waals surface area contributed by atoms with Crippen LogP contribution in [0.1, 0.15) is 11.5 Å². The van der Waals surface area contributed by atoms with Gasteiger partial charge in [0.1, 0.15) is 11.4 Å². The van der Waals surface area contributed by atoms with Gasteiger partial charge in [-0.25, -0.2) is 4.98 Å². The van der Waals surface area contributed by atoms with Crippen molar-refractivity contribution in [2.45, 2.75) is 6.54 Å². The number of nitrogens with zero attached hydrogens (tertiary/aromatic N) is 3. The van der Waals surface area contributed by atoms with Gasteiger partial charge in [-0.3, -0.25) is 9.20 Å². The molecule has 0 aliphatic carbocycles. The molecule has 0 radical (unpaired) electrons. The molecule has 0 fully saturated rings. The molecule has 0 saturated heterocycles. The Bertz CT molecular complexity index is 821. The summed E-state index contributed by atoms with van der Waals surface area (Å²) in [6.45, 7) is 0.414. The van der Waals surface area contributed by atoms with E-state index in [0.29, 0.717) is 17.4 Å². The SMILES string of the molecule is CN(Cc1ccco1)C(=O)/C=C/c1c(Cl)nc2ccccn12. The number of hydrogen-bond acceptors (Lipinski definition) is 3. The molecule has 0 aliphatic rings. The lowest BCUT2D eigenvalue weighted by molar-refractivity contribution is -0.125. The maximum Gasteiger partial charge on any atom is 0.246 e. The smallest absolute Gasteiger partial charge is 0.246 e. The summed E-state index contributed by atoms with van der Waals surface area (Å²) in [7, 11) is 1.71. The predicted molar refractivity (Wildman–Crippen MR) is 84.4 cm³/mol. The van der Waals surface area contributed by atoms with Gasteiger partial charge in [0.15, 0.2) is 5.15 Å². The van der Waals surface area contributed by atoms with Crippen LogP contribution >= 0.6 is 11.6 Å². The number of furan rings is 1. The number of imidazole rings is 1. The Morgan fingerprint density at radius 3 is 3.05 bits per heavy atom. The Morgan fingerprint density at radius 2 is 2.27 bits per heavy atom. The molecule has 0 unspecified atom stereocenters. The maximum atomic E-state index is 12.1. The van der Waals surface area contributed by atoms with Crippen LogP contribution in [0.25, 0.3) is 11.7 Å². The summed E-state index contributed by atoms with van der Waals surface area (Å²) in [4.78, 5) is 17.9. The van der Waals surface area contributed by atoms with Gasteiger partial charge < -0.3 is 9.32 Å². The van der Waals surface area contributed by atoms with Crippen LogP contribution in [0.2, 0.25) is 5.15 Å². The van der Waals surface area contributed by atoms with E-state index < -0.39 is 0 Å². The fourth-order valence-electron chi connectivity index (χ4n) is 2.13. The van der Waals surface area contributed by atoms with Gasteiger partial charge in [-0.1, -0.05) is 17.7 Å². The van der Waals surface area contributed by atoms with Crippen molar-refractivity contribution in [3.63, 3.8) is 0 Å². The highest BCUT2D eigenvalue weighted by Crippen LogP contribution is 2.19. The van der Waals surface area contributed by atoms with Gasteiger partial charge in [0.2, 0.25) is 5.91 Å². The molecule has 3 aromatic rings. The van der Waals surface area contributed by atoms with Crippen LogP contribution in [0.5, 0.6) is 0 Å². The van der Waals surface area contributed by atoms with E-state index in [2.05, 4.69) is 4.98 Å². The molecule has 3 heterocycles. The van der Waals surface area contributed by atoms with Crippen LogP contribution in [0.3, 0.4) is 0 Å². The van der Waals surface area contributed by atoms with Crippen LogP contribution in [-0.4, -0.2) is 27.2 Å². The van der Waals surface area contributed by atoms with Gasteiger partial charge in [0.05, 0.1) is 18.5 Å². The Labute approximate surface area is 132 Å². The lowest BCUT2D eigenvalue weighted by atomic mass is 10.3. The van der Waals surface area contributed by atoms with Crippen molar-refractivity contribution in [1.29, 1.82) is 0 Å². The zero-order chi connectivity index (χ0) is 15.5. The quantitative estimate of drug-likeness (QED) is 0.694. The molecule has 0 saturated carbocycles. The molecule has 0 aliphatic heterocycles. The largest absolute Gasteiger partial charge is 0.467 e. The van der Waals surface area contributed by atoms with Crippen LogP contribution < -0.4 is 0 Å². The molecule has 0 aromatic carbocycles. The number of likely N-dealkylation sites (N-methyl/N-ethyl adjacent to an activating group) is 1. The van der Waals surface area contributed by atoms with Crippen molar-refractivity contribution < 1.29 is 9.21 Å². The molecule has 3 aromatic heterocycles. The average molecular weight is 316 g/mol. The first-order chi connectivity index (χ1) is 10.6. The van der Waals surface area contributed by atoms with Crippen LogP contribution in [-0.2, 0) is 11.3 Å². The number of amides is 1. The number of rotatable bonds is 4. The molecule has 3 rings (SSSR count). The molecule has 5 nitrogen and oxygen atoms in total. The zero-order valence-corrected chi connectivity index (χ0v) is 12.7. The normalized spacial score (nSPS) is 11.4. The number of carbonyl (C=O) groups is 1. The molecular formula is C16H14ClN3O2. The summed E-state index contributed by atoms with van der Waals surface area (Å²) >= 11 is 6.12. The van der Waals surface area contributed by atoms with Crippen molar-refractivity contribution in [3.8, 4) is 0 Å². The van der Waals surface area contributed by atoms with Gasteiger partial charge in [-0.05, 0) is 30.3 Å². The lowest BCUT2D eigenvalue weighted by Crippen LogP contribution is -2.23. The molecular weight excluding hydrogens is 302 g/mol. The topological polar surface area (TPSA) is 50.8 Å². The summed E-state index contributed by atoms with van der Waals surface area (Å²) in [5, 5.41) is 0.365. The number of pyridine rings is 1. The minimum atomic E-state index is -0.140. The number of fused-ring (bicyclic) bond motifs is 1. The molecule has 0 spiro atoms. The summed E-state index contributed by atoms with van der Waals surface area (Å²) < 4.78 is 7.06. The van der Waals surface area contributed by atoms with E-state index in [-0.39, 0.29) is 5.91 Å². The van der Waals surface area contributed by atoms with Gasteiger partial charge in [0.25, 0.3) is 0 Å². The first kappa shape index (κ1) is 14.4. The van der Waals surface area contributed by atoms with Gasteiger partial charge in [-0.2, -0.15) is 0 Å². The van der Waals surface area contributed by atoms with Crippen LogP contribution in [0.15, 0.2) is 53.3 Å². The number of hydrogen-bond donors (Lipinski definition) is 0.